The second-order valence-electron chi connectivity index (χ2n) is 6.16. The van der Waals surface area contributed by atoms with E-state index in [0.29, 0.717) is 12.1 Å². The average molecular weight is 418 g/mol. The molecule has 0 aromatic heterocycles. The SMILES string of the molecule is O=C(Nc1cc(F)c(F)c(F)c1)c1ccc(F)c(S(=O)(=O)N2CCC(O)C2)c1. The fourth-order valence-corrected chi connectivity index (χ4v) is 4.32. The van der Waals surface area contributed by atoms with Gasteiger partial charge in [0.25, 0.3) is 5.91 Å². The van der Waals surface area contributed by atoms with Crippen LogP contribution in [0.15, 0.2) is 35.2 Å². The first-order valence-electron chi connectivity index (χ1n) is 8.03. The minimum atomic E-state index is -4.30. The highest BCUT2D eigenvalue weighted by molar-refractivity contribution is 7.89. The number of carbonyl (C=O) groups excluding carboxylic acids is 1. The Kier molecular flexibility index (Phi) is 5.41. The molecule has 11 heteroatoms. The molecule has 2 aromatic rings. The number of β-amino-alcohol motifs (C(OH)–C–C–N with tert-alkyl or cyclic N) is 1. The summed E-state index contributed by atoms with van der Waals surface area (Å²) < 4.78 is 79.6. The largest absolute Gasteiger partial charge is 0.392 e. The fourth-order valence-electron chi connectivity index (χ4n) is 2.74. The zero-order chi connectivity index (χ0) is 20.6. The summed E-state index contributed by atoms with van der Waals surface area (Å²) in [5, 5.41) is 11.6. The van der Waals surface area contributed by atoms with Crippen LogP contribution < -0.4 is 5.32 Å². The molecule has 0 saturated carbocycles. The van der Waals surface area contributed by atoms with Crippen LogP contribution in [0.5, 0.6) is 0 Å². The van der Waals surface area contributed by atoms with Gasteiger partial charge in [0.1, 0.15) is 10.7 Å². The standard InChI is InChI=1S/C17H14F4N2O4S/c18-12-2-1-9(5-15(12)28(26,27)23-4-3-11(24)8-23)17(25)22-10-6-13(19)16(21)14(20)7-10/h1-2,5-7,11,24H,3-4,8H2,(H,22,25). The van der Waals surface area contributed by atoms with Crippen molar-refractivity contribution in [2.24, 2.45) is 0 Å². The third-order valence-corrected chi connectivity index (χ3v) is 6.06. The Morgan fingerprint density at radius 3 is 2.29 bits per heavy atom. The van der Waals surface area contributed by atoms with Crippen LogP contribution in [0.25, 0.3) is 0 Å². The van der Waals surface area contributed by atoms with Crippen molar-refractivity contribution >= 4 is 21.6 Å². The monoisotopic (exact) mass is 418 g/mol. The second-order valence-corrected chi connectivity index (χ2v) is 8.07. The van der Waals surface area contributed by atoms with E-state index in [9.17, 15) is 35.9 Å². The molecule has 2 N–H and O–H groups in total. The average Bonchev–Trinajstić information content (AvgIpc) is 3.07. The maximum Gasteiger partial charge on any atom is 0.255 e. The van der Waals surface area contributed by atoms with E-state index in [1.165, 1.54) is 0 Å². The van der Waals surface area contributed by atoms with Gasteiger partial charge in [-0.15, -0.1) is 0 Å². The van der Waals surface area contributed by atoms with Crippen LogP contribution >= 0.6 is 0 Å². The summed E-state index contributed by atoms with van der Waals surface area (Å²) in [5.74, 6) is -6.84. The van der Waals surface area contributed by atoms with Gasteiger partial charge in [-0.1, -0.05) is 0 Å². The van der Waals surface area contributed by atoms with Gasteiger partial charge < -0.3 is 10.4 Å². The van der Waals surface area contributed by atoms with Gasteiger partial charge in [0, 0.05) is 36.5 Å². The summed E-state index contributed by atoms with van der Waals surface area (Å²) >= 11 is 0. The van der Waals surface area contributed by atoms with Crippen LogP contribution in [-0.4, -0.2) is 42.9 Å². The molecule has 0 radical (unpaired) electrons. The Hall–Kier alpha value is -2.50. The number of amides is 1. The molecule has 1 aliphatic heterocycles. The molecular weight excluding hydrogens is 404 g/mol. The van der Waals surface area contributed by atoms with Gasteiger partial charge in [-0.25, -0.2) is 26.0 Å². The third kappa shape index (κ3) is 3.86. The molecule has 1 amide bonds. The van der Waals surface area contributed by atoms with Crippen LogP contribution in [0, 0.1) is 23.3 Å². The van der Waals surface area contributed by atoms with Crippen molar-refractivity contribution in [2.75, 3.05) is 18.4 Å². The van der Waals surface area contributed by atoms with Crippen molar-refractivity contribution in [1.29, 1.82) is 0 Å². The Labute approximate surface area is 157 Å². The number of aliphatic hydroxyl groups is 1. The van der Waals surface area contributed by atoms with Gasteiger partial charge in [0.05, 0.1) is 6.10 Å². The lowest BCUT2D eigenvalue weighted by Crippen LogP contribution is -2.30. The summed E-state index contributed by atoms with van der Waals surface area (Å²) in [5.41, 5.74) is -0.706. The number of nitrogens with zero attached hydrogens (tertiary/aromatic N) is 1. The van der Waals surface area contributed by atoms with Crippen molar-refractivity contribution in [1.82, 2.24) is 4.31 Å². The van der Waals surface area contributed by atoms with Gasteiger partial charge >= 0.3 is 0 Å². The summed E-state index contributed by atoms with van der Waals surface area (Å²) in [4.78, 5) is 11.5. The van der Waals surface area contributed by atoms with E-state index in [-0.39, 0.29) is 25.1 Å². The molecule has 1 heterocycles. The van der Waals surface area contributed by atoms with Gasteiger partial charge in [-0.3, -0.25) is 4.79 Å². The highest BCUT2D eigenvalue weighted by atomic mass is 32.2. The van der Waals surface area contributed by atoms with E-state index in [0.717, 1.165) is 22.5 Å². The van der Waals surface area contributed by atoms with E-state index >= 15 is 0 Å². The third-order valence-electron chi connectivity index (χ3n) is 4.18. The molecule has 150 valence electrons. The predicted molar refractivity (Wildman–Crippen MR) is 90.1 cm³/mol. The number of hydrogen-bond donors (Lipinski definition) is 2. The summed E-state index contributed by atoms with van der Waals surface area (Å²) in [6.45, 7) is -0.209. The number of sulfonamides is 1. The minimum absolute atomic E-state index is 0.00645. The number of halogens is 4. The van der Waals surface area contributed by atoms with Crippen molar-refractivity contribution in [2.45, 2.75) is 17.4 Å². The normalized spacial score (nSPS) is 17.7. The molecule has 0 aliphatic carbocycles. The van der Waals surface area contributed by atoms with Crippen LogP contribution in [0.3, 0.4) is 0 Å². The maximum atomic E-state index is 14.1. The molecule has 1 unspecified atom stereocenters. The minimum Gasteiger partial charge on any atom is -0.392 e. The number of rotatable bonds is 4. The Balaban J connectivity index is 1.90. The highest BCUT2D eigenvalue weighted by Gasteiger charge is 2.34. The molecule has 1 aliphatic rings. The fraction of sp³-hybridized carbons (Fsp3) is 0.235. The molecule has 0 bridgehead atoms. The lowest BCUT2D eigenvalue weighted by atomic mass is 10.2. The first-order chi connectivity index (χ1) is 13.1. The van der Waals surface area contributed by atoms with Crippen LogP contribution in [0.1, 0.15) is 16.8 Å². The van der Waals surface area contributed by atoms with Crippen molar-refractivity contribution < 1.29 is 35.9 Å². The number of benzene rings is 2. The molecular formula is C17H14F4N2O4S. The van der Waals surface area contributed by atoms with E-state index in [4.69, 9.17) is 0 Å². The number of nitrogens with one attached hydrogen (secondary N) is 1. The lowest BCUT2D eigenvalue weighted by molar-refractivity contribution is 0.102. The van der Waals surface area contributed by atoms with Crippen LogP contribution in [0.4, 0.5) is 23.2 Å². The molecule has 1 atom stereocenters. The zero-order valence-electron chi connectivity index (χ0n) is 14.1. The Morgan fingerprint density at radius 1 is 1.07 bits per heavy atom. The number of hydrogen-bond acceptors (Lipinski definition) is 4. The first-order valence-corrected chi connectivity index (χ1v) is 9.47. The Morgan fingerprint density at radius 2 is 1.71 bits per heavy atom. The predicted octanol–water partition coefficient (Wildman–Crippen LogP) is 2.25. The van der Waals surface area contributed by atoms with Gasteiger partial charge in [0.2, 0.25) is 10.0 Å². The number of aliphatic hydroxyl groups excluding tert-OH is 1. The maximum absolute atomic E-state index is 14.1. The van der Waals surface area contributed by atoms with Crippen LogP contribution in [-0.2, 0) is 10.0 Å². The van der Waals surface area contributed by atoms with Gasteiger partial charge in [0.15, 0.2) is 17.5 Å². The Bertz CT molecular complexity index is 1020. The van der Waals surface area contributed by atoms with Crippen molar-refractivity contribution in [3.8, 4) is 0 Å². The summed E-state index contributed by atoms with van der Waals surface area (Å²) in [6.07, 6.45) is -0.671. The van der Waals surface area contributed by atoms with Crippen molar-refractivity contribution in [3.05, 3.63) is 59.2 Å². The zero-order valence-corrected chi connectivity index (χ0v) is 14.9. The molecule has 0 spiro atoms. The van der Waals surface area contributed by atoms with E-state index < -0.39 is 55.9 Å². The van der Waals surface area contributed by atoms with Gasteiger partial charge in [-0.05, 0) is 24.6 Å². The van der Waals surface area contributed by atoms with Crippen LogP contribution in [0.2, 0.25) is 0 Å². The quantitative estimate of drug-likeness (QED) is 0.589. The molecule has 28 heavy (non-hydrogen) atoms. The van der Waals surface area contributed by atoms with E-state index in [1.807, 2.05) is 0 Å². The second kappa shape index (κ2) is 7.49. The lowest BCUT2D eigenvalue weighted by Gasteiger charge is -2.17. The van der Waals surface area contributed by atoms with Crippen molar-refractivity contribution in [3.63, 3.8) is 0 Å². The van der Waals surface area contributed by atoms with E-state index in [1.54, 1.807) is 0 Å². The van der Waals surface area contributed by atoms with E-state index in [2.05, 4.69) is 5.32 Å². The molecule has 6 nitrogen and oxygen atoms in total. The summed E-state index contributed by atoms with van der Waals surface area (Å²) in [6, 6.07) is 3.62. The molecule has 1 fully saturated rings. The highest BCUT2D eigenvalue weighted by Crippen LogP contribution is 2.25. The van der Waals surface area contributed by atoms with Gasteiger partial charge in [-0.2, -0.15) is 4.31 Å². The topological polar surface area (TPSA) is 86.7 Å². The smallest absolute Gasteiger partial charge is 0.255 e. The number of anilines is 1. The molecule has 3 rings (SSSR count). The molecule has 2 aromatic carbocycles. The summed E-state index contributed by atoms with van der Waals surface area (Å²) in [7, 11) is -4.30. The molecule has 1 saturated heterocycles. The number of carbonyl (C=O) groups is 1. The first kappa shape index (κ1) is 20.2.